The largest absolute Gasteiger partial charge is 0.494 e. The fraction of sp³-hybridized carbons (Fsp3) is 0.318. The second-order valence-electron chi connectivity index (χ2n) is 31.7. The van der Waals surface area contributed by atoms with E-state index in [4.69, 9.17) is 80.3 Å². The zero-order valence-electron chi connectivity index (χ0n) is 73.7. The van der Waals surface area contributed by atoms with Gasteiger partial charge in [0.15, 0.2) is 57.3 Å². The van der Waals surface area contributed by atoms with Crippen molar-refractivity contribution < 1.29 is 52.4 Å². The van der Waals surface area contributed by atoms with Crippen molar-refractivity contribution in [2.45, 2.75) is 104 Å². The monoisotopic (exact) mass is 1880 g/mol. The van der Waals surface area contributed by atoms with Gasteiger partial charge in [0.25, 0.3) is 29.5 Å². The summed E-state index contributed by atoms with van der Waals surface area (Å²) in [6.07, 6.45) is 26.5. The standard InChI is InChI=1S/C20H23N7O3.C17H18ClN7O2.C17H20N8O2.C16H16ClN7O2.C15H16N8O2/c21-18-17(19-24-14-1-5-22-9-12(14)11-27(19)26-18)20(28)25-15-10-23-6-2-16(15)30-13-3-7-29-8-4-13;1-24-4-3-10-9(7-24)8-25-16(21-10)14(15(19)23-25)17(26)22-11-6-20-13(18)5-12(11)27-2;1-9(2)27-17-12(6-20-8-21-17)23-16(26)13-14(18)24-25-7-10-5-19-4-3-11(10)22-15(13)25;1-26-11-4-12(17)20-6-10(11)22-16(25)13-14(18)23-24-7-8-5-19-3-2-9(8)21-15(13)24;1-25-15-10(5-18-7-19-15)21-14(24)11-12(16)22-23-6-8-4-17-3-2-9(8)20-13(11)23/h2,6,10-11,13,22H,1,3-5,7-9H2,(H2,21,26)(H,25,28);5-6,8H,3-4,7H2,1-2H3,(H2,19,23)(H,22,26);6-9,19H,3-5H2,1-2H3,(H2,18,24)(H,23,26);4,6-7,19H,2-3,5H2,1H3,(H2,18,23)(H,22,25);5-7,17H,2-4H2,1H3,(H2,16,22)(H,21,24). The van der Waals surface area contributed by atoms with Gasteiger partial charge in [-0.1, -0.05) is 23.2 Å². The molecule has 15 aromatic heterocycles. The van der Waals surface area contributed by atoms with Gasteiger partial charge in [-0.05, 0) is 20.9 Å². The first-order valence-electron chi connectivity index (χ1n) is 42.7. The Morgan fingerprint density at radius 1 is 0.437 bits per heavy atom. The number of nitrogens with one attached hydrogen (secondary N) is 9. The number of fused-ring (bicyclic) bond motifs is 10. The van der Waals surface area contributed by atoms with Gasteiger partial charge in [-0.3, -0.25) is 29.0 Å². The molecule has 19 N–H and O–H groups in total. The van der Waals surface area contributed by atoms with Crippen molar-refractivity contribution in [3.05, 3.63) is 193 Å². The molecule has 0 saturated carbocycles. The molecule has 48 nitrogen and oxygen atoms in total. The molecular weight excluding hydrogens is 1790 g/mol. The Balaban J connectivity index is 0.000000117. The predicted octanol–water partition coefficient (Wildman–Crippen LogP) is 4.83. The number of ether oxygens (including phenoxy) is 6. The molecule has 0 bridgehead atoms. The number of nitrogens with two attached hydrogens (primary N) is 5. The van der Waals surface area contributed by atoms with Crippen molar-refractivity contribution in [1.82, 2.24) is 134 Å². The van der Waals surface area contributed by atoms with Crippen LogP contribution in [0.25, 0.3) is 28.2 Å². The van der Waals surface area contributed by atoms with Gasteiger partial charge in [-0.25, -0.2) is 67.4 Å². The second-order valence-corrected chi connectivity index (χ2v) is 32.5. The summed E-state index contributed by atoms with van der Waals surface area (Å²) in [5, 5.41) is 48.7. The quantitative estimate of drug-likeness (QED) is 0.0543. The maximum Gasteiger partial charge on any atom is 0.263 e. The van der Waals surface area contributed by atoms with Gasteiger partial charge < -0.3 is 110 Å². The van der Waals surface area contributed by atoms with E-state index in [1.54, 1.807) is 32.0 Å². The molecule has 1 fully saturated rings. The van der Waals surface area contributed by atoms with E-state index >= 15 is 0 Å². The molecule has 0 unspecified atom stereocenters. The Kier molecular flexibility index (Phi) is 27.2. The van der Waals surface area contributed by atoms with E-state index in [1.807, 2.05) is 44.8 Å². The van der Waals surface area contributed by atoms with E-state index in [0.29, 0.717) is 99.6 Å². The number of carbonyl (C=O) groups excluding carboxylic acids is 5. The first kappa shape index (κ1) is 91.3. The summed E-state index contributed by atoms with van der Waals surface area (Å²) in [5.74, 6) is 0.306. The van der Waals surface area contributed by atoms with E-state index < -0.39 is 29.5 Å². The molecule has 0 spiro atoms. The fourth-order valence-corrected chi connectivity index (χ4v) is 16.0. The Labute approximate surface area is 776 Å². The van der Waals surface area contributed by atoms with Gasteiger partial charge in [0.2, 0.25) is 11.8 Å². The molecule has 135 heavy (non-hydrogen) atoms. The minimum absolute atomic E-state index is 0.0423. The topological polar surface area (TPSA) is 624 Å². The lowest BCUT2D eigenvalue weighted by molar-refractivity contribution is 0.0258. The molecule has 5 amide bonds. The maximum atomic E-state index is 13.1. The van der Waals surface area contributed by atoms with Crippen molar-refractivity contribution in [2.24, 2.45) is 0 Å². The smallest absolute Gasteiger partial charge is 0.263 e. The number of carbonyl (C=O) groups is 5. The van der Waals surface area contributed by atoms with Crippen LogP contribution < -0.4 is 100 Å². The molecule has 0 atom stereocenters. The number of amides is 5. The fourth-order valence-electron chi connectivity index (χ4n) is 15.7. The van der Waals surface area contributed by atoms with Crippen molar-refractivity contribution >= 4 is 138 Å². The van der Waals surface area contributed by atoms with Crippen molar-refractivity contribution in [3.8, 4) is 29.0 Å². The van der Waals surface area contributed by atoms with Crippen molar-refractivity contribution in [3.63, 3.8) is 0 Å². The summed E-state index contributed by atoms with van der Waals surface area (Å²) < 4.78 is 40.4. The highest BCUT2D eigenvalue weighted by Crippen LogP contribution is 2.35. The minimum atomic E-state index is -0.443. The number of likely N-dealkylation sites (N-methyl/N-ethyl adjacent to an activating group) is 1. The summed E-state index contributed by atoms with van der Waals surface area (Å²) in [7, 11) is 6.48. The molecular formula is C85H93Cl2N37O11. The van der Waals surface area contributed by atoms with Gasteiger partial charge in [0.05, 0.1) is 100 Å². The Hall–Kier alpha value is -15.6. The highest BCUT2D eigenvalue weighted by atomic mass is 35.5. The van der Waals surface area contributed by atoms with Crippen molar-refractivity contribution in [1.29, 1.82) is 0 Å². The van der Waals surface area contributed by atoms with Crippen molar-refractivity contribution in [2.75, 3.05) is 130 Å². The minimum Gasteiger partial charge on any atom is -0.494 e. The van der Waals surface area contributed by atoms with Crippen LogP contribution in [0, 0.1) is 0 Å². The number of nitrogens with zero attached hydrogens (tertiary/aromatic N) is 23. The van der Waals surface area contributed by atoms with Crippen LogP contribution in [0.3, 0.4) is 0 Å². The number of halogens is 2. The molecule has 6 aliphatic heterocycles. The SMILES string of the molecule is CC(C)Oc1ncncc1NC(=O)c1c(N)nn2cc3c(nc12)CCNC3.COc1cc(Cl)ncc1NC(=O)c1c(N)nn2cc3c(nc12)CCN(C)C3.COc1cc(Cl)ncc1NC(=O)c1c(N)nn2cc3c(nc12)CCNC3.COc1ncncc1NC(=O)c1c(N)nn2cc3c(nc12)CCNC3.Nc1nn2cc3c(nc2c1C(=O)Nc1cnccc1OC1CCOCC1)CCNC3. The molecule has 50 heteroatoms. The molecule has 0 aromatic carbocycles. The second kappa shape index (κ2) is 40.2. The van der Waals surface area contributed by atoms with Crippen LogP contribution in [0.2, 0.25) is 10.3 Å². The Morgan fingerprint density at radius 3 is 1.15 bits per heavy atom. The predicted molar refractivity (Wildman–Crippen MR) is 495 cm³/mol. The first-order chi connectivity index (χ1) is 65.4. The number of anilines is 10. The van der Waals surface area contributed by atoms with E-state index in [0.717, 1.165) is 160 Å². The van der Waals surface area contributed by atoms with Crippen LogP contribution in [0.15, 0.2) is 99.0 Å². The number of hydrogen-bond acceptors (Lipinski definition) is 38. The molecule has 21 heterocycles. The molecule has 0 aliphatic carbocycles. The van der Waals surface area contributed by atoms with Crippen LogP contribution >= 0.6 is 23.2 Å². The molecule has 15 aromatic rings. The van der Waals surface area contributed by atoms with Gasteiger partial charge in [0.1, 0.15) is 103 Å². The number of aromatic nitrogens is 22. The average Bonchev–Trinajstić information content (AvgIpc) is 1.62. The van der Waals surface area contributed by atoms with Gasteiger partial charge in [-0.2, -0.15) is 9.97 Å². The Bertz CT molecular complexity index is 7060. The highest BCUT2D eigenvalue weighted by Gasteiger charge is 2.32. The summed E-state index contributed by atoms with van der Waals surface area (Å²) in [5.41, 5.74) is 45.3. The summed E-state index contributed by atoms with van der Waals surface area (Å²) in [4.78, 5) is 118. The van der Waals surface area contributed by atoms with Crippen LogP contribution in [-0.4, -0.2) is 229 Å². The summed E-state index contributed by atoms with van der Waals surface area (Å²) >= 11 is 11.7. The number of rotatable bonds is 17. The zero-order chi connectivity index (χ0) is 94.2. The third-order valence-corrected chi connectivity index (χ3v) is 22.6. The van der Waals surface area contributed by atoms with Gasteiger partial charge >= 0.3 is 0 Å². The zero-order valence-corrected chi connectivity index (χ0v) is 75.3. The third kappa shape index (κ3) is 20.1. The van der Waals surface area contributed by atoms with Gasteiger partial charge in [-0.15, -0.1) is 25.5 Å². The number of pyridine rings is 3. The molecule has 21 rings (SSSR count). The summed E-state index contributed by atoms with van der Waals surface area (Å²) in [6.45, 7) is 13.0. The van der Waals surface area contributed by atoms with Crippen LogP contribution in [-0.2, 0) is 69.6 Å². The van der Waals surface area contributed by atoms with E-state index in [1.165, 1.54) is 79.9 Å². The van der Waals surface area contributed by atoms with E-state index in [-0.39, 0.29) is 85.3 Å². The van der Waals surface area contributed by atoms with Gasteiger partial charge in [0, 0.05) is 194 Å². The van der Waals surface area contributed by atoms with E-state index in [2.05, 4.69) is 145 Å². The molecule has 698 valence electrons. The highest BCUT2D eigenvalue weighted by molar-refractivity contribution is 6.30. The summed E-state index contributed by atoms with van der Waals surface area (Å²) in [6, 6.07) is 4.77. The third-order valence-electron chi connectivity index (χ3n) is 22.2. The number of nitrogen functional groups attached to an aromatic ring is 5. The number of methoxy groups -OCH3 is 3. The average molecular weight is 1880 g/mol. The molecule has 0 radical (unpaired) electrons. The lowest BCUT2D eigenvalue weighted by Gasteiger charge is -2.24. The molecule has 6 aliphatic rings. The van der Waals surface area contributed by atoms with E-state index in [9.17, 15) is 24.0 Å². The Morgan fingerprint density at radius 2 is 0.778 bits per heavy atom. The van der Waals surface area contributed by atoms with Crippen LogP contribution in [0.5, 0.6) is 29.0 Å². The lowest BCUT2D eigenvalue weighted by atomic mass is 10.1. The molecule has 1 saturated heterocycles. The normalized spacial score (nSPS) is 14.4. The first-order valence-corrected chi connectivity index (χ1v) is 43.5. The lowest BCUT2D eigenvalue weighted by Crippen LogP contribution is -2.28. The van der Waals surface area contributed by atoms with Crippen LogP contribution in [0.4, 0.5) is 57.5 Å². The number of hydrogen-bond donors (Lipinski definition) is 14. The maximum absolute atomic E-state index is 13.1. The van der Waals surface area contributed by atoms with Crippen LogP contribution in [0.1, 0.15) is 135 Å².